The van der Waals surface area contributed by atoms with Crippen LogP contribution in [0.2, 0.25) is 0 Å². The Balaban J connectivity index is 1.57. The van der Waals surface area contributed by atoms with Crippen LogP contribution in [0.4, 0.5) is 0 Å². The fourth-order valence-electron chi connectivity index (χ4n) is 9.23. The average Bonchev–Trinajstić information content (AvgIpc) is 3.11. The first kappa shape index (κ1) is 26.0. The molecule has 10 atom stereocenters. The predicted octanol–water partition coefficient (Wildman–Crippen LogP) is 7.34. The Hall–Kier alpha value is -1.09. The van der Waals surface area contributed by atoms with E-state index in [4.69, 9.17) is 4.74 Å². The molecule has 192 valence electrons. The van der Waals surface area contributed by atoms with Gasteiger partial charge in [-0.1, -0.05) is 65.3 Å². The second kappa shape index (κ2) is 9.75. The van der Waals surface area contributed by atoms with Crippen molar-refractivity contribution >= 4 is 5.97 Å². The Morgan fingerprint density at radius 2 is 1.91 bits per heavy atom. The van der Waals surface area contributed by atoms with Gasteiger partial charge in [0.05, 0.1) is 6.10 Å². The van der Waals surface area contributed by atoms with Gasteiger partial charge in [-0.3, -0.25) is 4.79 Å². The first-order valence-corrected chi connectivity index (χ1v) is 14.2. The van der Waals surface area contributed by atoms with Crippen molar-refractivity contribution in [2.75, 3.05) is 0 Å². The van der Waals surface area contributed by atoms with E-state index in [1.54, 1.807) is 0 Å². The highest BCUT2D eigenvalue weighted by Gasteiger charge is 2.61. The molecule has 1 N–H and O–H groups in total. The van der Waals surface area contributed by atoms with Crippen molar-refractivity contribution in [3.63, 3.8) is 0 Å². The van der Waals surface area contributed by atoms with E-state index >= 15 is 0 Å². The van der Waals surface area contributed by atoms with Gasteiger partial charge in [0, 0.05) is 18.8 Å². The zero-order chi connectivity index (χ0) is 24.8. The third-order valence-electron chi connectivity index (χ3n) is 11.2. The molecular formula is C31H50O3. The van der Waals surface area contributed by atoms with Crippen LogP contribution < -0.4 is 0 Å². The highest BCUT2D eigenvalue weighted by Crippen LogP contribution is 2.67. The lowest BCUT2D eigenvalue weighted by Gasteiger charge is -2.59. The molecule has 0 aromatic heterocycles. The summed E-state index contributed by atoms with van der Waals surface area (Å²) in [6.07, 6.45) is 15.8. The monoisotopic (exact) mass is 470 g/mol. The summed E-state index contributed by atoms with van der Waals surface area (Å²) in [5.41, 5.74) is 1.63. The summed E-state index contributed by atoms with van der Waals surface area (Å²) < 4.78 is 5.91. The van der Waals surface area contributed by atoms with Crippen LogP contribution in [-0.4, -0.2) is 23.3 Å². The van der Waals surface area contributed by atoms with Crippen molar-refractivity contribution in [2.24, 2.45) is 52.3 Å². The molecule has 0 spiro atoms. The number of carbonyl (C=O) groups excluding carboxylic acids is 1. The number of ether oxygens (including phenoxy) is 1. The zero-order valence-electron chi connectivity index (χ0n) is 22.8. The fraction of sp³-hybridized carbons (Fsp3) is 0.839. The fourth-order valence-corrected chi connectivity index (χ4v) is 9.23. The maximum absolute atomic E-state index is 12.0. The van der Waals surface area contributed by atoms with E-state index in [9.17, 15) is 9.90 Å². The number of rotatable bonds is 6. The number of allylic oxidation sites excluding steroid dienone is 3. The number of aliphatic hydroxyl groups is 1. The van der Waals surface area contributed by atoms with Gasteiger partial charge >= 0.3 is 5.97 Å². The normalized spacial score (nSPS) is 43.6. The van der Waals surface area contributed by atoms with Crippen LogP contribution in [0.15, 0.2) is 23.8 Å². The number of esters is 1. The summed E-state index contributed by atoms with van der Waals surface area (Å²) >= 11 is 0. The lowest BCUT2D eigenvalue weighted by molar-refractivity contribution is -0.166. The van der Waals surface area contributed by atoms with E-state index in [-0.39, 0.29) is 17.5 Å². The minimum atomic E-state index is -0.393. The minimum absolute atomic E-state index is 0.121. The Morgan fingerprint density at radius 1 is 1.18 bits per heavy atom. The Kier molecular flexibility index (Phi) is 7.45. The quantitative estimate of drug-likeness (QED) is 0.326. The van der Waals surface area contributed by atoms with Crippen molar-refractivity contribution < 1.29 is 14.6 Å². The van der Waals surface area contributed by atoms with Crippen LogP contribution in [-0.2, 0) is 9.53 Å². The van der Waals surface area contributed by atoms with Crippen LogP contribution in [0.3, 0.4) is 0 Å². The summed E-state index contributed by atoms with van der Waals surface area (Å²) in [6.45, 7) is 15.9. The molecule has 4 aliphatic carbocycles. The number of aliphatic hydroxyl groups excluding tert-OH is 1. The summed E-state index contributed by atoms with van der Waals surface area (Å²) in [5, 5.41) is 10.5. The smallest absolute Gasteiger partial charge is 0.302 e. The SMILES string of the molecule is CC[C@@H](/C=C/[C@@H](C)[C@H]1CC[C@H]2[C@@H]3CC=C4C[C@H](O)CC(OC(C)=O)[C@]4(C)[C@H]3CC[C@]12C)C(C)C. The third-order valence-corrected chi connectivity index (χ3v) is 11.2. The molecule has 3 fully saturated rings. The molecule has 0 aromatic carbocycles. The molecule has 0 radical (unpaired) electrons. The van der Waals surface area contributed by atoms with Gasteiger partial charge in [-0.05, 0) is 91.8 Å². The van der Waals surface area contributed by atoms with Crippen molar-refractivity contribution in [3.8, 4) is 0 Å². The number of fused-ring (bicyclic) bond motifs is 5. The van der Waals surface area contributed by atoms with Gasteiger partial charge in [0.15, 0.2) is 0 Å². The molecule has 0 bridgehead atoms. The molecule has 3 heteroatoms. The molecule has 0 aliphatic heterocycles. The zero-order valence-corrected chi connectivity index (χ0v) is 22.8. The molecule has 34 heavy (non-hydrogen) atoms. The standard InChI is InChI=1S/C31H50O3/c1-8-22(19(2)3)10-9-20(4)26-13-14-27-25-12-11-23-17-24(33)18-29(34-21(5)32)31(23,7)28(25)15-16-30(26,27)6/h9-11,19-20,22,24-29,33H,8,12-18H2,1-7H3/b10-9+/t20-,22+,24+,25+,26-,27+,28+,29?,30-,31+/m1/s1. The summed E-state index contributed by atoms with van der Waals surface area (Å²) in [5.74, 6) is 4.54. The van der Waals surface area contributed by atoms with Gasteiger partial charge in [0.25, 0.3) is 0 Å². The lowest BCUT2D eigenvalue weighted by atomic mass is 9.46. The van der Waals surface area contributed by atoms with E-state index in [1.807, 2.05) is 0 Å². The first-order valence-electron chi connectivity index (χ1n) is 14.2. The molecule has 0 aromatic rings. The Labute approximate surface area is 208 Å². The van der Waals surface area contributed by atoms with Gasteiger partial charge in [-0.15, -0.1) is 0 Å². The van der Waals surface area contributed by atoms with Gasteiger partial charge < -0.3 is 9.84 Å². The van der Waals surface area contributed by atoms with Crippen molar-refractivity contribution in [1.29, 1.82) is 0 Å². The molecule has 0 saturated heterocycles. The average molecular weight is 471 g/mol. The number of carbonyl (C=O) groups is 1. The molecule has 1 unspecified atom stereocenters. The second-order valence-corrected chi connectivity index (χ2v) is 13.1. The molecular weight excluding hydrogens is 420 g/mol. The highest BCUT2D eigenvalue weighted by molar-refractivity contribution is 5.66. The molecule has 0 amide bonds. The van der Waals surface area contributed by atoms with Crippen LogP contribution in [0.1, 0.15) is 99.8 Å². The Morgan fingerprint density at radius 3 is 2.56 bits per heavy atom. The molecule has 4 rings (SSSR count). The number of hydrogen-bond acceptors (Lipinski definition) is 3. The largest absolute Gasteiger partial charge is 0.462 e. The lowest BCUT2D eigenvalue weighted by Crippen LogP contribution is -2.56. The van der Waals surface area contributed by atoms with Crippen LogP contribution in [0.25, 0.3) is 0 Å². The number of hydrogen-bond donors (Lipinski definition) is 1. The molecule has 3 nitrogen and oxygen atoms in total. The minimum Gasteiger partial charge on any atom is -0.462 e. The van der Waals surface area contributed by atoms with Gasteiger partial charge in [-0.2, -0.15) is 0 Å². The maximum Gasteiger partial charge on any atom is 0.302 e. The summed E-state index contributed by atoms with van der Waals surface area (Å²) in [6, 6.07) is 0. The van der Waals surface area contributed by atoms with Crippen LogP contribution in [0, 0.1) is 52.3 Å². The van der Waals surface area contributed by atoms with Gasteiger partial charge in [-0.25, -0.2) is 0 Å². The van der Waals surface area contributed by atoms with Crippen LogP contribution >= 0.6 is 0 Å². The van der Waals surface area contributed by atoms with Gasteiger partial charge in [0.1, 0.15) is 6.10 Å². The molecule has 3 saturated carbocycles. The van der Waals surface area contributed by atoms with E-state index in [0.29, 0.717) is 41.4 Å². The third kappa shape index (κ3) is 4.33. The summed E-state index contributed by atoms with van der Waals surface area (Å²) in [4.78, 5) is 12.0. The van der Waals surface area contributed by atoms with E-state index in [2.05, 4.69) is 59.8 Å². The summed E-state index contributed by atoms with van der Waals surface area (Å²) in [7, 11) is 0. The molecule has 0 heterocycles. The van der Waals surface area contributed by atoms with E-state index < -0.39 is 6.10 Å². The predicted molar refractivity (Wildman–Crippen MR) is 139 cm³/mol. The van der Waals surface area contributed by atoms with Crippen molar-refractivity contribution in [1.82, 2.24) is 0 Å². The van der Waals surface area contributed by atoms with E-state index in [0.717, 1.165) is 24.7 Å². The first-order chi connectivity index (χ1) is 16.0. The molecule has 4 aliphatic rings. The highest BCUT2D eigenvalue weighted by atomic mass is 16.5. The van der Waals surface area contributed by atoms with E-state index in [1.165, 1.54) is 44.6 Å². The topological polar surface area (TPSA) is 46.5 Å². The second-order valence-electron chi connectivity index (χ2n) is 13.1. The van der Waals surface area contributed by atoms with Crippen molar-refractivity contribution in [3.05, 3.63) is 23.8 Å². The van der Waals surface area contributed by atoms with Gasteiger partial charge in [0.2, 0.25) is 0 Å². The maximum atomic E-state index is 12.0. The van der Waals surface area contributed by atoms with Crippen LogP contribution in [0.5, 0.6) is 0 Å². The Bertz CT molecular complexity index is 811. The van der Waals surface area contributed by atoms with Crippen molar-refractivity contribution in [2.45, 2.75) is 112 Å².